The van der Waals surface area contributed by atoms with E-state index in [0.717, 1.165) is 6.42 Å². The summed E-state index contributed by atoms with van der Waals surface area (Å²) in [5, 5.41) is 0.540. The molecule has 0 spiro atoms. The molecule has 2 aromatic rings. The van der Waals surface area contributed by atoms with Crippen LogP contribution in [0.2, 0.25) is 5.02 Å². The highest BCUT2D eigenvalue weighted by molar-refractivity contribution is 6.30. The van der Waals surface area contributed by atoms with Gasteiger partial charge in [0, 0.05) is 11.1 Å². The Morgan fingerprint density at radius 2 is 1.59 bits per heavy atom. The van der Waals surface area contributed by atoms with E-state index in [9.17, 15) is 14.4 Å². The van der Waals surface area contributed by atoms with Gasteiger partial charge in [-0.2, -0.15) is 0 Å². The van der Waals surface area contributed by atoms with Gasteiger partial charge in [0.05, 0.1) is 13.2 Å². The fraction of sp³-hybridized carbons (Fsp3) is 0.292. The molecular weight excluding hydrogens is 464 g/mol. The quantitative estimate of drug-likeness (QED) is 0.266. The fourth-order valence-electron chi connectivity index (χ4n) is 2.47. The van der Waals surface area contributed by atoms with E-state index >= 15 is 0 Å². The molecule has 10 heteroatoms. The van der Waals surface area contributed by atoms with Gasteiger partial charge in [-0.3, -0.25) is 20.4 Å². The smallest absolute Gasteiger partial charge is 0.331 e. The van der Waals surface area contributed by atoms with E-state index < -0.39 is 24.4 Å². The zero-order valence-corrected chi connectivity index (χ0v) is 19.7. The highest BCUT2D eigenvalue weighted by Crippen LogP contribution is 2.29. The highest BCUT2D eigenvalue weighted by Gasteiger charge is 2.09. The predicted molar refractivity (Wildman–Crippen MR) is 127 cm³/mol. The molecule has 2 N–H and O–H groups in total. The van der Waals surface area contributed by atoms with Crippen LogP contribution in [0.15, 0.2) is 48.5 Å². The lowest BCUT2D eigenvalue weighted by Gasteiger charge is -2.12. The van der Waals surface area contributed by atoms with Gasteiger partial charge < -0.3 is 18.9 Å². The van der Waals surface area contributed by atoms with Crippen molar-refractivity contribution in [1.82, 2.24) is 10.9 Å². The monoisotopic (exact) mass is 490 g/mol. The molecule has 0 aliphatic rings. The van der Waals surface area contributed by atoms with Crippen molar-refractivity contribution in [1.29, 1.82) is 0 Å². The van der Waals surface area contributed by atoms with Gasteiger partial charge in [0.1, 0.15) is 5.75 Å². The number of rotatable bonds is 12. The van der Waals surface area contributed by atoms with Gasteiger partial charge in [0.2, 0.25) is 0 Å². The van der Waals surface area contributed by atoms with Crippen LogP contribution in [0, 0.1) is 0 Å². The molecule has 0 fully saturated rings. The lowest BCUT2D eigenvalue weighted by atomic mass is 10.2. The fourth-order valence-corrected chi connectivity index (χ4v) is 2.59. The molecule has 0 saturated heterocycles. The van der Waals surface area contributed by atoms with Crippen molar-refractivity contribution in [3.8, 4) is 17.2 Å². The summed E-state index contributed by atoms with van der Waals surface area (Å²) in [4.78, 5) is 35.4. The Labute approximate surface area is 202 Å². The number of nitrogens with one attached hydrogen (secondary N) is 2. The van der Waals surface area contributed by atoms with E-state index in [0.29, 0.717) is 41.0 Å². The molecule has 0 aromatic heterocycles. The van der Waals surface area contributed by atoms with Crippen molar-refractivity contribution >= 4 is 35.5 Å². The number of benzene rings is 2. The number of amides is 2. The lowest BCUT2D eigenvalue weighted by molar-refractivity contribution is -0.144. The van der Waals surface area contributed by atoms with E-state index in [1.165, 1.54) is 12.2 Å². The summed E-state index contributed by atoms with van der Waals surface area (Å²) < 4.78 is 21.3. The summed E-state index contributed by atoms with van der Waals surface area (Å²) >= 11 is 5.77. The molecular formula is C24H27ClN2O7. The maximum Gasteiger partial charge on any atom is 0.331 e. The van der Waals surface area contributed by atoms with Crippen molar-refractivity contribution in [3.05, 3.63) is 59.1 Å². The van der Waals surface area contributed by atoms with Crippen molar-refractivity contribution in [2.24, 2.45) is 0 Å². The summed E-state index contributed by atoms with van der Waals surface area (Å²) in [5.41, 5.74) is 4.99. The van der Waals surface area contributed by atoms with Gasteiger partial charge in [0.15, 0.2) is 24.7 Å². The number of esters is 1. The van der Waals surface area contributed by atoms with Gasteiger partial charge in [-0.15, -0.1) is 0 Å². The number of hydrazine groups is 1. The third-order valence-corrected chi connectivity index (χ3v) is 4.26. The molecule has 2 amide bonds. The minimum absolute atomic E-state index is 0.323. The van der Waals surface area contributed by atoms with Crippen LogP contribution in [-0.2, 0) is 19.1 Å². The molecule has 0 unspecified atom stereocenters. The van der Waals surface area contributed by atoms with Crippen molar-refractivity contribution < 1.29 is 33.3 Å². The van der Waals surface area contributed by atoms with Crippen LogP contribution in [0.4, 0.5) is 0 Å². The zero-order chi connectivity index (χ0) is 24.8. The van der Waals surface area contributed by atoms with Gasteiger partial charge in [-0.05, 0) is 61.4 Å². The minimum Gasteiger partial charge on any atom is -0.490 e. The van der Waals surface area contributed by atoms with Gasteiger partial charge in [0.25, 0.3) is 11.8 Å². The molecule has 9 nitrogen and oxygen atoms in total. The summed E-state index contributed by atoms with van der Waals surface area (Å²) in [7, 11) is 0. The first kappa shape index (κ1) is 26.5. The van der Waals surface area contributed by atoms with Crippen molar-refractivity contribution in [3.63, 3.8) is 0 Å². The maximum atomic E-state index is 11.9. The first-order valence-electron chi connectivity index (χ1n) is 10.6. The molecule has 0 atom stereocenters. The normalized spacial score (nSPS) is 10.4. The summed E-state index contributed by atoms with van der Waals surface area (Å²) in [6.07, 6.45) is 3.58. The summed E-state index contributed by atoms with van der Waals surface area (Å²) in [5.74, 6) is -0.383. The molecule has 34 heavy (non-hydrogen) atoms. The number of ether oxygens (including phenoxy) is 4. The number of hydrogen-bond acceptors (Lipinski definition) is 7. The van der Waals surface area contributed by atoms with E-state index in [-0.39, 0.29) is 6.61 Å². The Hall–Kier alpha value is -3.72. The van der Waals surface area contributed by atoms with Gasteiger partial charge >= 0.3 is 5.97 Å². The van der Waals surface area contributed by atoms with Crippen LogP contribution >= 0.6 is 11.6 Å². The minimum atomic E-state index is -0.725. The molecule has 2 aromatic carbocycles. The average molecular weight is 491 g/mol. The molecule has 0 aliphatic heterocycles. The van der Waals surface area contributed by atoms with E-state index in [2.05, 4.69) is 10.9 Å². The molecule has 0 heterocycles. The van der Waals surface area contributed by atoms with E-state index in [1.807, 2.05) is 13.8 Å². The largest absolute Gasteiger partial charge is 0.490 e. The Morgan fingerprint density at radius 3 is 2.26 bits per heavy atom. The van der Waals surface area contributed by atoms with Crippen LogP contribution in [0.1, 0.15) is 25.8 Å². The van der Waals surface area contributed by atoms with Crippen molar-refractivity contribution in [2.75, 3.05) is 26.4 Å². The Morgan fingerprint density at radius 1 is 0.882 bits per heavy atom. The number of carbonyl (C=O) groups excluding carboxylic acids is 3. The molecule has 0 aliphatic carbocycles. The predicted octanol–water partition coefficient (Wildman–Crippen LogP) is 3.31. The van der Waals surface area contributed by atoms with E-state index in [1.54, 1.807) is 42.5 Å². The SMILES string of the molecule is CCCOc1ccc(/C=C/C(=O)OCC(=O)NNC(=O)COc2ccc(Cl)cc2)cc1OCC. The molecule has 0 bridgehead atoms. The Kier molecular flexibility index (Phi) is 11.3. The summed E-state index contributed by atoms with van der Waals surface area (Å²) in [6, 6.07) is 11.7. The van der Waals surface area contributed by atoms with Crippen LogP contribution in [0.3, 0.4) is 0 Å². The highest BCUT2D eigenvalue weighted by atomic mass is 35.5. The van der Waals surface area contributed by atoms with Crippen LogP contribution in [-0.4, -0.2) is 44.2 Å². The third-order valence-electron chi connectivity index (χ3n) is 4.01. The second kappa shape index (κ2) is 14.4. The number of carbonyl (C=O) groups is 3. The van der Waals surface area contributed by atoms with Crippen molar-refractivity contribution in [2.45, 2.75) is 20.3 Å². The first-order valence-corrected chi connectivity index (χ1v) is 11.0. The zero-order valence-electron chi connectivity index (χ0n) is 19.0. The Bertz CT molecular complexity index is 993. The van der Waals surface area contributed by atoms with E-state index in [4.69, 9.17) is 30.5 Å². The van der Waals surface area contributed by atoms with Gasteiger partial charge in [-0.25, -0.2) is 4.79 Å². The topological polar surface area (TPSA) is 112 Å². The molecule has 2 rings (SSSR count). The average Bonchev–Trinajstić information content (AvgIpc) is 2.84. The molecule has 0 radical (unpaired) electrons. The van der Waals surface area contributed by atoms with Gasteiger partial charge in [-0.1, -0.05) is 24.6 Å². The van der Waals surface area contributed by atoms with Crippen LogP contribution in [0.25, 0.3) is 6.08 Å². The first-order chi connectivity index (χ1) is 16.4. The second-order valence-electron chi connectivity index (χ2n) is 6.77. The summed E-state index contributed by atoms with van der Waals surface area (Å²) in [6.45, 7) is 4.01. The van der Waals surface area contributed by atoms with Crippen LogP contribution < -0.4 is 25.1 Å². The lowest BCUT2D eigenvalue weighted by Crippen LogP contribution is -2.45. The molecule has 182 valence electrons. The Balaban J connectivity index is 1.73. The van der Waals surface area contributed by atoms with Crippen LogP contribution in [0.5, 0.6) is 17.2 Å². The third kappa shape index (κ3) is 9.83. The number of halogens is 1. The number of hydrogen-bond donors (Lipinski definition) is 2. The standard InChI is InChI=1S/C24H27ClN2O7/c1-3-13-32-20-11-5-17(14-21(20)31-4-2)6-12-24(30)34-16-23(29)27-26-22(28)15-33-19-9-7-18(25)8-10-19/h5-12,14H,3-4,13,15-16H2,1-2H3,(H,26,28)(H,27,29)/b12-6+. The molecule has 0 saturated carbocycles. The second-order valence-corrected chi connectivity index (χ2v) is 7.20. The maximum absolute atomic E-state index is 11.9.